The molecule has 0 aliphatic heterocycles. The number of halogens is 1. The predicted molar refractivity (Wildman–Crippen MR) is 85.9 cm³/mol. The monoisotopic (exact) mass is 352 g/mol. The van der Waals surface area contributed by atoms with Crippen molar-refractivity contribution in [3.63, 3.8) is 0 Å². The molecule has 1 saturated carbocycles. The van der Waals surface area contributed by atoms with Crippen LogP contribution in [-0.2, 0) is 9.59 Å². The molecule has 1 aromatic rings. The molecule has 0 heterocycles. The Bertz CT molecular complexity index is 528. The van der Waals surface area contributed by atoms with Crippen LogP contribution >= 0.6 is 15.9 Å². The average molecular weight is 353 g/mol. The lowest BCUT2D eigenvalue weighted by Gasteiger charge is -2.22. The van der Waals surface area contributed by atoms with Gasteiger partial charge in [-0.05, 0) is 37.0 Å². The summed E-state index contributed by atoms with van der Waals surface area (Å²) in [6.45, 7) is 2.66. The lowest BCUT2D eigenvalue weighted by atomic mass is 10.1. The average Bonchev–Trinajstić information content (AvgIpc) is 3.24. The first-order chi connectivity index (χ1) is 9.93. The second-order valence-electron chi connectivity index (χ2n) is 5.64. The first-order valence-electron chi connectivity index (χ1n) is 7.18. The van der Waals surface area contributed by atoms with Crippen LogP contribution in [-0.4, -0.2) is 48.8 Å². The highest BCUT2D eigenvalue weighted by molar-refractivity contribution is 9.10. The Morgan fingerprint density at radius 2 is 1.86 bits per heavy atom. The maximum absolute atomic E-state index is 12.5. The van der Waals surface area contributed by atoms with Gasteiger partial charge in [-0.2, -0.15) is 0 Å². The Morgan fingerprint density at radius 1 is 1.24 bits per heavy atom. The minimum absolute atomic E-state index is 0.0288. The van der Waals surface area contributed by atoms with E-state index in [0.29, 0.717) is 12.5 Å². The van der Waals surface area contributed by atoms with Gasteiger partial charge in [-0.15, -0.1) is 0 Å². The minimum Gasteiger partial charge on any atom is -0.347 e. The standard InChI is InChI=1S/C16H21BrN2O2/c1-4-19(10-15(20)18(2)3)16(21)14-9-13(14)11-5-7-12(17)8-6-11/h5-8,13-14H,4,9-10H2,1-3H3. The van der Waals surface area contributed by atoms with Crippen LogP contribution in [0.4, 0.5) is 0 Å². The Morgan fingerprint density at radius 3 is 2.38 bits per heavy atom. The quantitative estimate of drug-likeness (QED) is 0.816. The molecule has 2 atom stereocenters. The molecule has 0 spiro atoms. The Balaban J connectivity index is 1.97. The van der Waals surface area contributed by atoms with E-state index < -0.39 is 0 Å². The second kappa shape index (κ2) is 6.60. The molecule has 1 aliphatic carbocycles. The van der Waals surface area contributed by atoms with Crippen molar-refractivity contribution in [1.29, 1.82) is 0 Å². The SMILES string of the molecule is CCN(CC(=O)N(C)C)C(=O)C1CC1c1ccc(Br)cc1. The molecule has 1 fully saturated rings. The van der Waals surface area contributed by atoms with Crippen molar-refractivity contribution < 1.29 is 9.59 Å². The highest BCUT2D eigenvalue weighted by Crippen LogP contribution is 2.48. The number of hydrogen-bond donors (Lipinski definition) is 0. The molecule has 4 nitrogen and oxygen atoms in total. The fraction of sp³-hybridized carbons (Fsp3) is 0.500. The van der Waals surface area contributed by atoms with Crippen LogP contribution < -0.4 is 0 Å². The molecule has 0 N–H and O–H groups in total. The molecular formula is C16H21BrN2O2. The first-order valence-corrected chi connectivity index (χ1v) is 7.97. The summed E-state index contributed by atoms with van der Waals surface area (Å²) in [5, 5.41) is 0. The molecular weight excluding hydrogens is 332 g/mol. The number of nitrogens with zero attached hydrogens (tertiary/aromatic N) is 2. The van der Waals surface area contributed by atoms with Gasteiger partial charge in [0.25, 0.3) is 0 Å². The molecule has 0 saturated heterocycles. The van der Waals surface area contributed by atoms with Crippen LogP contribution in [0, 0.1) is 5.92 Å². The second-order valence-corrected chi connectivity index (χ2v) is 6.56. The summed E-state index contributed by atoms with van der Waals surface area (Å²) in [6, 6.07) is 8.12. The zero-order valence-electron chi connectivity index (χ0n) is 12.7. The maximum atomic E-state index is 12.5. The third-order valence-corrected chi connectivity index (χ3v) is 4.45. The van der Waals surface area contributed by atoms with Gasteiger partial charge in [-0.3, -0.25) is 9.59 Å². The van der Waals surface area contributed by atoms with Crippen LogP contribution in [0.1, 0.15) is 24.8 Å². The molecule has 0 bridgehead atoms. The molecule has 2 unspecified atom stereocenters. The van der Waals surface area contributed by atoms with Crippen molar-refractivity contribution in [1.82, 2.24) is 9.80 Å². The van der Waals surface area contributed by atoms with Gasteiger partial charge in [-0.25, -0.2) is 0 Å². The lowest BCUT2D eigenvalue weighted by molar-refractivity contribution is -0.139. The predicted octanol–water partition coefficient (Wildman–Crippen LogP) is 2.49. The van der Waals surface area contributed by atoms with E-state index in [2.05, 4.69) is 28.1 Å². The van der Waals surface area contributed by atoms with Crippen LogP contribution in [0.3, 0.4) is 0 Å². The van der Waals surface area contributed by atoms with E-state index in [1.165, 1.54) is 10.5 Å². The van der Waals surface area contributed by atoms with Crippen molar-refractivity contribution in [2.45, 2.75) is 19.3 Å². The fourth-order valence-electron chi connectivity index (χ4n) is 2.43. The van der Waals surface area contributed by atoms with E-state index in [9.17, 15) is 9.59 Å². The summed E-state index contributed by atoms with van der Waals surface area (Å²) in [7, 11) is 3.42. The number of benzene rings is 1. The zero-order valence-corrected chi connectivity index (χ0v) is 14.3. The first kappa shape index (κ1) is 16.0. The molecule has 114 valence electrons. The summed E-state index contributed by atoms with van der Waals surface area (Å²) >= 11 is 3.42. The molecule has 1 aromatic carbocycles. The number of carbonyl (C=O) groups is 2. The molecule has 0 radical (unpaired) electrons. The Hall–Kier alpha value is -1.36. The van der Waals surface area contributed by atoms with Crippen LogP contribution in [0.15, 0.2) is 28.7 Å². The Labute approximate surface area is 134 Å². The molecule has 5 heteroatoms. The molecule has 1 aliphatic rings. The van der Waals surface area contributed by atoms with Crippen molar-refractivity contribution >= 4 is 27.7 Å². The summed E-state index contributed by atoms with van der Waals surface area (Å²) in [5.74, 6) is 0.391. The van der Waals surface area contributed by atoms with E-state index in [4.69, 9.17) is 0 Å². The van der Waals surface area contributed by atoms with Crippen molar-refractivity contribution in [2.75, 3.05) is 27.2 Å². The highest BCUT2D eigenvalue weighted by Gasteiger charge is 2.45. The number of rotatable bonds is 5. The minimum atomic E-state index is -0.0361. The maximum Gasteiger partial charge on any atom is 0.241 e. The van der Waals surface area contributed by atoms with Gasteiger partial charge in [0.2, 0.25) is 11.8 Å². The molecule has 2 amide bonds. The molecule has 21 heavy (non-hydrogen) atoms. The van der Waals surface area contributed by atoms with Gasteiger partial charge in [0.15, 0.2) is 0 Å². The van der Waals surface area contributed by atoms with Gasteiger partial charge in [0.1, 0.15) is 0 Å². The smallest absolute Gasteiger partial charge is 0.241 e. The Kier molecular flexibility index (Phi) is 5.04. The van der Waals surface area contributed by atoms with Crippen LogP contribution in [0.5, 0.6) is 0 Å². The van der Waals surface area contributed by atoms with Crippen molar-refractivity contribution in [3.05, 3.63) is 34.3 Å². The van der Waals surface area contributed by atoms with Gasteiger partial charge < -0.3 is 9.80 Å². The summed E-state index contributed by atoms with van der Waals surface area (Å²) in [4.78, 5) is 27.4. The fourth-order valence-corrected chi connectivity index (χ4v) is 2.70. The van der Waals surface area contributed by atoms with Gasteiger partial charge >= 0.3 is 0 Å². The number of amides is 2. The van der Waals surface area contributed by atoms with Gasteiger partial charge in [0.05, 0.1) is 6.54 Å². The van der Waals surface area contributed by atoms with Crippen molar-refractivity contribution in [2.24, 2.45) is 5.92 Å². The van der Waals surface area contributed by atoms with Crippen LogP contribution in [0.25, 0.3) is 0 Å². The summed E-state index contributed by atoms with van der Waals surface area (Å²) in [6.07, 6.45) is 0.882. The highest BCUT2D eigenvalue weighted by atomic mass is 79.9. The largest absolute Gasteiger partial charge is 0.347 e. The van der Waals surface area contributed by atoms with Crippen molar-refractivity contribution in [3.8, 4) is 0 Å². The van der Waals surface area contributed by atoms with E-state index >= 15 is 0 Å². The topological polar surface area (TPSA) is 40.6 Å². The summed E-state index contributed by atoms with van der Waals surface area (Å²) in [5.41, 5.74) is 1.20. The van der Waals surface area contributed by atoms with E-state index in [-0.39, 0.29) is 24.3 Å². The number of carbonyl (C=O) groups excluding carboxylic acids is 2. The normalized spacial score (nSPS) is 20.0. The third kappa shape index (κ3) is 3.84. The number of likely N-dealkylation sites (N-methyl/N-ethyl adjacent to an activating group) is 2. The zero-order chi connectivity index (χ0) is 15.6. The van der Waals surface area contributed by atoms with Gasteiger partial charge in [0, 0.05) is 31.0 Å². The lowest BCUT2D eigenvalue weighted by Crippen LogP contribution is -2.41. The van der Waals surface area contributed by atoms with Crippen LogP contribution in [0.2, 0.25) is 0 Å². The van der Waals surface area contributed by atoms with E-state index in [1.54, 1.807) is 19.0 Å². The molecule has 0 aromatic heterocycles. The summed E-state index contributed by atoms with van der Waals surface area (Å²) < 4.78 is 1.04. The molecule has 2 rings (SSSR count). The van der Waals surface area contributed by atoms with Gasteiger partial charge in [-0.1, -0.05) is 28.1 Å². The van der Waals surface area contributed by atoms with E-state index in [1.807, 2.05) is 19.1 Å². The third-order valence-electron chi connectivity index (χ3n) is 3.92. The van der Waals surface area contributed by atoms with E-state index in [0.717, 1.165) is 10.9 Å². The number of hydrogen-bond acceptors (Lipinski definition) is 2.